The first kappa shape index (κ1) is 21.8. The molecule has 0 saturated heterocycles. The number of H-pyrrole nitrogens is 1. The number of aromatic nitrogens is 11. The van der Waals surface area contributed by atoms with E-state index in [9.17, 15) is 4.79 Å². The fourth-order valence-corrected chi connectivity index (χ4v) is 4.46. The maximum atomic E-state index is 11.5. The van der Waals surface area contributed by atoms with Gasteiger partial charge in [0.25, 0.3) is 0 Å². The number of carbonyl (C=O) groups excluding carboxylic acids is 1. The van der Waals surface area contributed by atoms with Crippen molar-refractivity contribution in [3.05, 3.63) is 48.7 Å². The summed E-state index contributed by atoms with van der Waals surface area (Å²) in [5.41, 5.74) is 9.48. The van der Waals surface area contributed by atoms with Gasteiger partial charge in [0, 0.05) is 36.7 Å². The maximum absolute atomic E-state index is 11.5. The number of hydrogen-bond donors (Lipinski definition) is 3. The lowest BCUT2D eigenvalue weighted by Gasteiger charge is -2.12. The van der Waals surface area contributed by atoms with Crippen LogP contribution in [0.3, 0.4) is 0 Å². The third-order valence-corrected chi connectivity index (χ3v) is 6.39. The Bertz CT molecular complexity index is 1490. The number of nitrogens with two attached hydrogens (primary N) is 1. The number of rotatable bonds is 8. The van der Waals surface area contributed by atoms with Gasteiger partial charge in [0.05, 0.1) is 18.1 Å². The van der Waals surface area contributed by atoms with Gasteiger partial charge in [0.15, 0.2) is 17.0 Å². The number of nitrogens with zero attached hydrogens (tertiary/aromatic N) is 10. The Morgan fingerprint density at radius 2 is 2.03 bits per heavy atom. The van der Waals surface area contributed by atoms with Crippen molar-refractivity contribution in [1.82, 2.24) is 55.4 Å². The highest BCUT2D eigenvalue weighted by atomic mass is 16.1. The summed E-state index contributed by atoms with van der Waals surface area (Å²) in [7, 11) is 0. The molecule has 1 fully saturated rings. The van der Waals surface area contributed by atoms with Crippen molar-refractivity contribution in [3.63, 3.8) is 0 Å². The molecule has 6 rings (SSSR count). The molecule has 1 aliphatic rings. The quantitative estimate of drug-likeness (QED) is 0.285. The number of hydrogen-bond acceptors (Lipinski definition) is 10. The minimum atomic E-state index is -0.252. The van der Waals surface area contributed by atoms with Crippen LogP contribution in [0.1, 0.15) is 25.1 Å². The van der Waals surface area contributed by atoms with Gasteiger partial charge in [-0.25, -0.2) is 4.98 Å². The predicted molar refractivity (Wildman–Crippen MR) is 128 cm³/mol. The Morgan fingerprint density at radius 1 is 1.14 bits per heavy atom. The first-order valence-corrected chi connectivity index (χ1v) is 11.6. The maximum Gasteiger partial charge on any atom is 0.225 e. The van der Waals surface area contributed by atoms with Crippen LogP contribution in [-0.4, -0.2) is 67.3 Å². The van der Waals surface area contributed by atoms with E-state index in [1.165, 1.54) is 0 Å². The van der Waals surface area contributed by atoms with Crippen molar-refractivity contribution in [3.8, 4) is 16.8 Å². The van der Waals surface area contributed by atoms with Crippen molar-refractivity contribution in [1.29, 1.82) is 0 Å². The summed E-state index contributed by atoms with van der Waals surface area (Å²) in [6, 6.07) is 8.04. The molecule has 0 radical (unpaired) electrons. The minimum absolute atomic E-state index is 0.102. The standard InChI is InChI=1S/C22H23N13O/c23-20(36)14-1-4-16(9-14)26-22-24-11-18-21(27-22)35(33-28-18)17-5-2-13(3-6-17)15-10-25-34(12-15)8-7-19-29-31-32-30-19/h2-3,5-6,10-12,14,16H,1,4,7-9H2,(H2,23,36)(H,24,26,27)(H,29,30,31,32)/t14-,16-/m1/s1. The summed E-state index contributed by atoms with van der Waals surface area (Å²) >= 11 is 0. The van der Waals surface area contributed by atoms with Gasteiger partial charge in [-0.2, -0.15) is 20.0 Å². The fraction of sp³-hybridized carbons (Fsp3) is 0.318. The van der Waals surface area contributed by atoms with Crippen molar-refractivity contribution in [2.24, 2.45) is 11.7 Å². The van der Waals surface area contributed by atoms with E-state index >= 15 is 0 Å². The van der Waals surface area contributed by atoms with Crippen LogP contribution in [0.15, 0.2) is 42.9 Å². The zero-order valence-corrected chi connectivity index (χ0v) is 19.2. The normalized spacial score (nSPS) is 17.6. The molecule has 0 spiro atoms. The summed E-state index contributed by atoms with van der Waals surface area (Å²) in [5.74, 6) is 0.773. The van der Waals surface area contributed by atoms with Gasteiger partial charge in [-0.1, -0.05) is 22.6 Å². The lowest BCUT2D eigenvalue weighted by Crippen LogP contribution is -2.23. The van der Waals surface area contributed by atoms with E-state index in [1.807, 2.05) is 41.3 Å². The van der Waals surface area contributed by atoms with Crippen molar-refractivity contribution in [2.45, 2.75) is 38.3 Å². The number of anilines is 1. The first-order valence-electron chi connectivity index (χ1n) is 11.6. The first-order chi connectivity index (χ1) is 17.6. The van der Waals surface area contributed by atoms with Crippen molar-refractivity contribution >= 4 is 23.0 Å². The van der Waals surface area contributed by atoms with E-state index in [4.69, 9.17) is 5.73 Å². The Labute approximate surface area is 204 Å². The van der Waals surface area contributed by atoms with Crippen LogP contribution in [-0.2, 0) is 17.8 Å². The van der Waals surface area contributed by atoms with Gasteiger partial charge in [0.2, 0.25) is 11.9 Å². The molecule has 1 amide bonds. The summed E-state index contributed by atoms with van der Waals surface area (Å²) in [6.45, 7) is 0.655. The van der Waals surface area contributed by atoms with Crippen LogP contribution in [0.2, 0.25) is 0 Å². The number of aryl methyl sites for hydroxylation is 2. The van der Waals surface area contributed by atoms with Crippen LogP contribution in [0, 0.1) is 5.92 Å². The lowest BCUT2D eigenvalue weighted by molar-refractivity contribution is -0.121. The zero-order valence-electron chi connectivity index (χ0n) is 19.2. The molecule has 2 atom stereocenters. The van der Waals surface area contributed by atoms with Crippen LogP contribution in [0.4, 0.5) is 5.95 Å². The largest absolute Gasteiger partial charge is 0.369 e. The molecule has 14 nitrogen and oxygen atoms in total. The number of benzene rings is 1. The molecule has 0 aliphatic heterocycles. The number of aromatic amines is 1. The third kappa shape index (κ3) is 4.35. The molecule has 1 saturated carbocycles. The Morgan fingerprint density at radius 3 is 2.81 bits per heavy atom. The second kappa shape index (κ2) is 9.13. The van der Waals surface area contributed by atoms with Crippen LogP contribution >= 0.6 is 0 Å². The van der Waals surface area contributed by atoms with Crippen LogP contribution < -0.4 is 11.1 Å². The summed E-state index contributed by atoms with van der Waals surface area (Å²) in [4.78, 5) is 20.5. The molecule has 4 aromatic heterocycles. The van der Waals surface area contributed by atoms with E-state index in [-0.39, 0.29) is 17.9 Å². The summed E-state index contributed by atoms with van der Waals surface area (Å²) < 4.78 is 3.53. The van der Waals surface area contributed by atoms with Gasteiger partial charge in [-0.3, -0.25) is 9.48 Å². The molecule has 36 heavy (non-hydrogen) atoms. The second-order valence-electron chi connectivity index (χ2n) is 8.77. The van der Waals surface area contributed by atoms with E-state index in [0.29, 0.717) is 42.3 Å². The second-order valence-corrected chi connectivity index (χ2v) is 8.77. The Balaban J connectivity index is 1.17. The SMILES string of the molecule is NC(=O)[C@@H]1CC[C@@H](Nc2ncc3nnn(-c4ccc(-c5cnn(CCc6nn[nH]n6)c5)cc4)c3n2)C1. The number of fused-ring (bicyclic) bond motifs is 1. The Kier molecular flexibility index (Phi) is 5.52. The molecule has 0 unspecified atom stereocenters. The highest BCUT2D eigenvalue weighted by Crippen LogP contribution is 2.27. The van der Waals surface area contributed by atoms with Crippen molar-refractivity contribution in [2.75, 3.05) is 5.32 Å². The number of carbonyl (C=O) groups is 1. The number of tetrazole rings is 1. The monoisotopic (exact) mass is 485 g/mol. The summed E-state index contributed by atoms with van der Waals surface area (Å²) in [6.07, 6.45) is 8.40. The highest BCUT2D eigenvalue weighted by Gasteiger charge is 2.29. The minimum Gasteiger partial charge on any atom is -0.369 e. The molecule has 4 N–H and O–H groups in total. The van der Waals surface area contributed by atoms with E-state index in [2.05, 4.69) is 51.3 Å². The zero-order chi connectivity index (χ0) is 24.5. The average Bonchev–Trinajstić information content (AvgIpc) is 3.70. The smallest absolute Gasteiger partial charge is 0.225 e. The molecular formula is C22H23N13O. The molecule has 182 valence electrons. The van der Waals surface area contributed by atoms with Gasteiger partial charge < -0.3 is 11.1 Å². The third-order valence-electron chi connectivity index (χ3n) is 6.39. The molecular weight excluding hydrogens is 462 g/mol. The van der Waals surface area contributed by atoms with Gasteiger partial charge >= 0.3 is 0 Å². The van der Waals surface area contributed by atoms with E-state index < -0.39 is 0 Å². The van der Waals surface area contributed by atoms with Crippen molar-refractivity contribution < 1.29 is 4.79 Å². The van der Waals surface area contributed by atoms with E-state index in [1.54, 1.807) is 10.9 Å². The van der Waals surface area contributed by atoms with Gasteiger partial charge in [0.1, 0.15) is 0 Å². The predicted octanol–water partition coefficient (Wildman–Crippen LogP) is 0.896. The number of amides is 1. The van der Waals surface area contributed by atoms with E-state index in [0.717, 1.165) is 29.7 Å². The lowest BCUT2D eigenvalue weighted by atomic mass is 10.1. The molecule has 5 aromatic rings. The van der Waals surface area contributed by atoms with Gasteiger partial charge in [-0.05, 0) is 37.0 Å². The Hall–Kier alpha value is -4.75. The molecule has 14 heteroatoms. The number of nitrogens with one attached hydrogen (secondary N) is 2. The molecule has 1 aliphatic carbocycles. The molecule has 1 aromatic carbocycles. The van der Waals surface area contributed by atoms with Crippen LogP contribution in [0.25, 0.3) is 28.0 Å². The summed E-state index contributed by atoms with van der Waals surface area (Å²) in [5, 5.41) is 30.1. The molecule has 4 heterocycles. The number of primary amides is 1. The average molecular weight is 486 g/mol. The fourth-order valence-electron chi connectivity index (χ4n) is 4.46. The topological polar surface area (TPSA) is 184 Å². The molecule has 0 bridgehead atoms. The van der Waals surface area contributed by atoms with Crippen LogP contribution in [0.5, 0.6) is 0 Å². The van der Waals surface area contributed by atoms with Gasteiger partial charge in [-0.15, -0.1) is 15.3 Å². The highest BCUT2D eigenvalue weighted by molar-refractivity contribution is 5.77.